The molecule has 0 amide bonds. The van der Waals surface area contributed by atoms with E-state index in [1.54, 1.807) is 6.08 Å². The fourth-order valence-corrected chi connectivity index (χ4v) is 0.972. The van der Waals surface area contributed by atoms with Gasteiger partial charge in [-0.05, 0) is 30.5 Å². The van der Waals surface area contributed by atoms with E-state index in [1.807, 2.05) is 12.1 Å². The van der Waals surface area contributed by atoms with Crippen LogP contribution >= 0.6 is 12.6 Å². The minimum absolute atomic E-state index is 0.226. The van der Waals surface area contributed by atoms with Crippen LogP contribution in [-0.4, -0.2) is 11.7 Å². The van der Waals surface area contributed by atoms with Crippen LogP contribution in [0.4, 0.5) is 0 Å². The molecule has 0 fully saturated rings. The summed E-state index contributed by atoms with van der Waals surface area (Å²) in [6.07, 6.45) is 3.49. The van der Waals surface area contributed by atoms with Gasteiger partial charge in [-0.15, -0.1) is 19.2 Å². The van der Waals surface area contributed by atoms with Crippen LogP contribution in [0.3, 0.4) is 0 Å². The molecule has 1 N–H and O–H groups in total. The van der Waals surface area contributed by atoms with Gasteiger partial charge >= 0.3 is 0 Å². The first-order valence-corrected chi connectivity index (χ1v) is 5.19. The highest BCUT2D eigenvalue weighted by Crippen LogP contribution is 2.07. The molecule has 0 heterocycles. The molecule has 1 rings (SSSR count). The first-order valence-electron chi connectivity index (χ1n) is 4.74. The Bertz CT molecular complexity index is 241. The number of aliphatic hydroxyl groups is 1. The second kappa shape index (κ2) is 8.85. The predicted molar refractivity (Wildman–Crippen MR) is 65.0 cm³/mol. The topological polar surface area (TPSA) is 20.2 Å². The molecule has 1 aromatic carbocycles. The molecule has 2 heteroatoms. The van der Waals surface area contributed by atoms with Crippen molar-refractivity contribution in [3.8, 4) is 0 Å². The molecule has 0 saturated heterocycles. The van der Waals surface area contributed by atoms with Gasteiger partial charge in [-0.2, -0.15) is 0 Å². The Morgan fingerprint density at radius 2 is 1.93 bits per heavy atom. The molecule has 0 aliphatic carbocycles. The van der Waals surface area contributed by atoms with Crippen molar-refractivity contribution in [3.63, 3.8) is 0 Å². The van der Waals surface area contributed by atoms with Crippen LogP contribution in [0.1, 0.15) is 18.9 Å². The number of aliphatic hydroxyl groups excluding tert-OH is 1. The summed E-state index contributed by atoms with van der Waals surface area (Å²) in [6, 6.07) is 8.23. The Morgan fingerprint density at radius 1 is 1.36 bits per heavy atom. The van der Waals surface area contributed by atoms with Gasteiger partial charge in [0.15, 0.2) is 0 Å². The summed E-state index contributed by atoms with van der Waals surface area (Å²) in [7, 11) is 0. The molecule has 0 aromatic heterocycles. The van der Waals surface area contributed by atoms with Crippen molar-refractivity contribution in [1.29, 1.82) is 0 Å². The van der Waals surface area contributed by atoms with Gasteiger partial charge in [-0.25, -0.2) is 0 Å². The lowest BCUT2D eigenvalue weighted by Crippen LogP contribution is -1.76. The Hall–Kier alpha value is -0.730. The first kappa shape index (κ1) is 13.3. The lowest BCUT2D eigenvalue weighted by atomic mass is 10.2. The lowest BCUT2D eigenvalue weighted by Gasteiger charge is -1.93. The van der Waals surface area contributed by atoms with Gasteiger partial charge in [0.2, 0.25) is 0 Å². The van der Waals surface area contributed by atoms with E-state index in [0.717, 1.165) is 11.3 Å². The molecule has 78 valence electrons. The second-order valence-electron chi connectivity index (χ2n) is 2.82. The second-order valence-corrected chi connectivity index (χ2v) is 3.34. The first-order chi connectivity index (χ1) is 6.74. The maximum atomic E-state index is 8.00. The normalized spacial score (nSPS) is 8.79. The summed E-state index contributed by atoms with van der Waals surface area (Å²) in [5, 5.41) is 8.00. The molecule has 0 bridgehead atoms. The highest BCUT2D eigenvalue weighted by molar-refractivity contribution is 7.80. The molecule has 0 spiro atoms. The molecule has 0 radical (unpaired) electrons. The zero-order valence-electron chi connectivity index (χ0n) is 8.61. The standard InChI is InChI=1S/C8H10S.C4H8O/c1-2-7-3-5-8(9)6-4-7;1-2-3-4-5/h3-6,9H,2H2,1H3;2,5H,1,3-4H2. The monoisotopic (exact) mass is 210 g/mol. The quantitative estimate of drug-likeness (QED) is 0.580. The molecule has 0 unspecified atom stereocenters. The molecule has 14 heavy (non-hydrogen) atoms. The third kappa shape index (κ3) is 6.75. The number of thiol groups is 1. The van der Waals surface area contributed by atoms with Gasteiger partial charge < -0.3 is 5.11 Å². The van der Waals surface area contributed by atoms with Crippen LogP contribution in [0.2, 0.25) is 0 Å². The lowest BCUT2D eigenvalue weighted by molar-refractivity contribution is 0.303. The summed E-state index contributed by atoms with van der Waals surface area (Å²) in [5.41, 5.74) is 1.37. The van der Waals surface area contributed by atoms with Crippen molar-refractivity contribution in [2.45, 2.75) is 24.7 Å². The van der Waals surface area contributed by atoms with Gasteiger partial charge in [0.25, 0.3) is 0 Å². The van der Waals surface area contributed by atoms with Crippen LogP contribution in [0.15, 0.2) is 41.8 Å². The van der Waals surface area contributed by atoms with E-state index < -0.39 is 0 Å². The zero-order chi connectivity index (χ0) is 10.8. The largest absolute Gasteiger partial charge is 0.396 e. The minimum atomic E-state index is 0.226. The fourth-order valence-electron chi connectivity index (χ4n) is 0.823. The summed E-state index contributed by atoms with van der Waals surface area (Å²) < 4.78 is 0. The van der Waals surface area contributed by atoms with Gasteiger partial charge in [0, 0.05) is 11.5 Å². The Morgan fingerprint density at radius 3 is 2.21 bits per heavy atom. The molecule has 1 nitrogen and oxygen atoms in total. The van der Waals surface area contributed by atoms with E-state index in [2.05, 4.69) is 38.3 Å². The minimum Gasteiger partial charge on any atom is -0.396 e. The van der Waals surface area contributed by atoms with Crippen LogP contribution in [0, 0.1) is 0 Å². The van der Waals surface area contributed by atoms with Crippen molar-refractivity contribution in [3.05, 3.63) is 42.5 Å². The third-order valence-electron chi connectivity index (χ3n) is 1.68. The molecule has 0 aliphatic heterocycles. The van der Waals surface area contributed by atoms with E-state index in [4.69, 9.17) is 5.11 Å². The van der Waals surface area contributed by atoms with E-state index >= 15 is 0 Å². The number of benzene rings is 1. The number of aryl methyl sites for hydroxylation is 1. The molecule has 0 saturated carbocycles. The maximum absolute atomic E-state index is 8.00. The van der Waals surface area contributed by atoms with Gasteiger partial charge in [0.1, 0.15) is 0 Å². The summed E-state index contributed by atoms with van der Waals surface area (Å²) in [4.78, 5) is 1.03. The summed E-state index contributed by atoms with van der Waals surface area (Å²) >= 11 is 4.17. The van der Waals surface area contributed by atoms with Crippen molar-refractivity contribution in [1.82, 2.24) is 0 Å². The van der Waals surface area contributed by atoms with E-state index in [-0.39, 0.29) is 6.61 Å². The van der Waals surface area contributed by atoms with Crippen molar-refractivity contribution < 1.29 is 5.11 Å². The molecular formula is C12H18OS. The molecular weight excluding hydrogens is 192 g/mol. The van der Waals surface area contributed by atoms with Gasteiger partial charge in [-0.3, -0.25) is 0 Å². The maximum Gasteiger partial charge on any atom is 0.0465 e. The van der Waals surface area contributed by atoms with Crippen LogP contribution in [0.25, 0.3) is 0 Å². The number of hydrogen-bond donors (Lipinski definition) is 2. The highest BCUT2D eigenvalue weighted by Gasteiger charge is 1.85. The third-order valence-corrected chi connectivity index (χ3v) is 1.98. The number of hydrogen-bond acceptors (Lipinski definition) is 2. The average molecular weight is 210 g/mol. The smallest absolute Gasteiger partial charge is 0.0465 e. The molecule has 0 aliphatic rings. The van der Waals surface area contributed by atoms with Crippen LogP contribution in [0.5, 0.6) is 0 Å². The van der Waals surface area contributed by atoms with Crippen LogP contribution in [-0.2, 0) is 6.42 Å². The Balaban J connectivity index is 0.000000292. The Kier molecular flexibility index (Phi) is 8.39. The SMILES string of the molecule is C=CCCO.CCc1ccc(S)cc1. The average Bonchev–Trinajstić information content (AvgIpc) is 2.21. The predicted octanol–water partition coefficient (Wildman–Crippen LogP) is 3.09. The van der Waals surface area contributed by atoms with E-state index in [0.29, 0.717) is 6.42 Å². The van der Waals surface area contributed by atoms with Crippen molar-refractivity contribution >= 4 is 12.6 Å². The molecule has 0 atom stereocenters. The van der Waals surface area contributed by atoms with E-state index in [9.17, 15) is 0 Å². The fraction of sp³-hybridized carbons (Fsp3) is 0.333. The number of rotatable bonds is 3. The van der Waals surface area contributed by atoms with Crippen LogP contribution < -0.4 is 0 Å². The van der Waals surface area contributed by atoms with Crippen molar-refractivity contribution in [2.75, 3.05) is 6.61 Å². The van der Waals surface area contributed by atoms with Gasteiger partial charge in [-0.1, -0.05) is 25.1 Å². The zero-order valence-corrected chi connectivity index (χ0v) is 9.50. The summed E-state index contributed by atoms with van der Waals surface area (Å²) in [5.74, 6) is 0. The van der Waals surface area contributed by atoms with E-state index in [1.165, 1.54) is 5.56 Å². The van der Waals surface area contributed by atoms with Gasteiger partial charge in [0.05, 0.1) is 0 Å². The molecule has 1 aromatic rings. The summed E-state index contributed by atoms with van der Waals surface area (Å²) in [6.45, 7) is 5.76. The highest BCUT2D eigenvalue weighted by atomic mass is 32.1. The van der Waals surface area contributed by atoms with Crippen molar-refractivity contribution in [2.24, 2.45) is 0 Å². The Labute approximate surface area is 91.9 Å².